The molecule has 0 unspecified atom stereocenters. The number of nitrogens with one attached hydrogen (secondary N) is 4. The number of rotatable bonds is 21. The number of ether oxygens (including phenoxy) is 5. The maximum absolute atomic E-state index is 13.4. The van der Waals surface area contributed by atoms with Crippen LogP contribution in [-0.4, -0.2) is 83.2 Å². The van der Waals surface area contributed by atoms with Gasteiger partial charge in [0, 0.05) is 47.7 Å². The number of benzene rings is 3. The highest BCUT2D eigenvalue weighted by Gasteiger charge is 2.16. The van der Waals surface area contributed by atoms with Gasteiger partial charge in [0.05, 0.1) is 52.4 Å². The van der Waals surface area contributed by atoms with Gasteiger partial charge in [-0.15, -0.1) is 0 Å². The van der Waals surface area contributed by atoms with Crippen molar-refractivity contribution in [1.29, 1.82) is 0 Å². The van der Waals surface area contributed by atoms with E-state index in [0.29, 0.717) is 93.2 Å². The van der Waals surface area contributed by atoms with Crippen molar-refractivity contribution in [3.8, 4) is 22.6 Å². The molecular weight excluding hydrogens is 678 g/mol. The number of nitrogen functional groups attached to an aromatic ring is 1. The van der Waals surface area contributed by atoms with E-state index in [-0.39, 0.29) is 23.9 Å². The predicted octanol–water partition coefficient (Wildman–Crippen LogP) is 4.78. The van der Waals surface area contributed by atoms with Crippen LogP contribution in [0.2, 0.25) is 0 Å². The highest BCUT2D eigenvalue weighted by Crippen LogP contribution is 2.30. The number of methoxy groups -OCH3 is 1. The Morgan fingerprint density at radius 1 is 0.774 bits per heavy atom. The number of nitrogens with two attached hydrogens (primary N) is 1. The standard InChI is InChI=1S/C40H51N5O8/c1-6-42-36-23-31(22-33(28(36)4)39(47)44-25-34-26(2)21-27(3)45-40(34)48)29-7-10-32(11-8-29)53-20-19-52-18-17-51-16-15-50-14-13-43-38(46)30-9-12-35(41)37(24-30)49-5/h7-12,21-24,42H,6,13-20,25,41H2,1-5H3,(H,43,46)(H,44,47)(H,45,48). The second-order valence-electron chi connectivity index (χ2n) is 12.3. The summed E-state index contributed by atoms with van der Waals surface area (Å²) in [6, 6.07) is 18.3. The van der Waals surface area contributed by atoms with Crippen molar-refractivity contribution in [3.05, 3.63) is 105 Å². The van der Waals surface area contributed by atoms with E-state index in [1.165, 1.54) is 7.11 Å². The van der Waals surface area contributed by atoms with Crippen molar-refractivity contribution < 1.29 is 33.3 Å². The molecule has 0 spiro atoms. The topological polar surface area (TPSA) is 175 Å². The third-order valence-corrected chi connectivity index (χ3v) is 8.39. The molecule has 6 N–H and O–H groups in total. The number of carbonyl (C=O) groups is 2. The Bertz CT molecular complexity index is 1880. The first-order valence-electron chi connectivity index (χ1n) is 17.7. The second kappa shape index (κ2) is 20.6. The van der Waals surface area contributed by atoms with Gasteiger partial charge in [-0.25, -0.2) is 0 Å². The fourth-order valence-corrected chi connectivity index (χ4v) is 5.55. The lowest BCUT2D eigenvalue weighted by Crippen LogP contribution is -2.28. The first-order chi connectivity index (χ1) is 25.6. The van der Waals surface area contributed by atoms with Gasteiger partial charge < -0.3 is 50.4 Å². The molecule has 0 aliphatic heterocycles. The van der Waals surface area contributed by atoms with Crippen molar-refractivity contribution in [1.82, 2.24) is 15.6 Å². The Hall–Kier alpha value is -5.37. The fourth-order valence-electron chi connectivity index (χ4n) is 5.55. The van der Waals surface area contributed by atoms with Crippen LogP contribution >= 0.6 is 0 Å². The number of aryl methyl sites for hydroxylation is 2. The van der Waals surface area contributed by atoms with Gasteiger partial charge in [-0.05, 0) is 98.5 Å². The number of hydrogen-bond acceptors (Lipinski definition) is 10. The zero-order valence-corrected chi connectivity index (χ0v) is 31.2. The third-order valence-electron chi connectivity index (χ3n) is 8.39. The molecule has 3 aromatic carbocycles. The molecule has 0 bridgehead atoms. The number of H-pyrrole nitrogens is 1. The number of amides is 2. The molecule has 0 fully saturated rings. The lowest BCUT2D eigenvalue weighted by atomic mass is 9.97. The molecule has 1 aromatic heterocycles. The van der Waals surface area contributed by atoms with Gasteiger partial charge in [0.2, 0.25) is 0 Å². The van der Waals surface area contributed by atoms with Crippen LogP contribution in [0.15, 0.2) is 65.5 Å². The summed E-state index contributed by atoms with van der Waals surface area (Å²) in [6.07, 6.45) is 0. The van der Waals surface area contributed by atoms with E-state index in [1.807, 2.05) is 70.2 Å². The number of aromatic nitrogens is 1. The highest BCUT2D eigenvalue weighted by atomic mass is 16.6. The minimum Gasteiger partial charge on any atom is -0.495 e. The molecule has 4 aromatic rings. The summed E-state index contributed by atoms with van der Waals surface area (Å²) in [5.74, 6) is 0.672. The van der Waals surface area contributed by atoms with Crippen LogP contribution in [0.4, 0.5) is 11.4 Å². The molecule has 4 rings (SSSR count). The van der Waals surface area contributed by atoms with Gasteiger partial charge in [-0.2, -0.15) is 0 Å². The number of pyridine rings is 1. The molecule has 0 aliphatic rings. The smallest absolute Gasteiger partial charge is 0.253 e. The summed E-state index contributed by atoms with van der Waals surface area (Å²) in [5, 5.41) is 9.09. The first-order valence-corrected chi connectivity index (χ1v) is 17.7. The molecule has 0 aliphatic carbocycles. The number of aromatic amines is 1. The summed E-state index contributed by atoms with van der Waals surface area (Å²) in [7, 11) is 1.50. The van der Waals surface area contributed by atoms with Crippen LogP contribution in [0, 0.1) is 20.8 Å². The van der Waals surface area contributed by atoms with E-state index in [4.69, 9.17) is 29.4 Å². The van der Waals surface area contributed by atoms with Crippen LogP contribution in [0.1, 0.15) is 50.0 Å². The molecule has 0 radical (unpaired) electrons. The quantitative estimate of drug-likeness (QED) is 0.0593. The molecule has 13 nitrogen and oxygen atoms in total. The number of carbonyl (C=O) groups excluding carboxylic acids is 2. The molecular formula is C40H51N5O8. The Morgan fingerprint density at radius 3 is 2.11 bits per heavy atom. The van der Waals surface area contributed by atoms with Gasteiger partial charge in [-0.3, -0.25) is 14.4 Å². The molecule has 2 amide bonds. The Kier molecular flexibility index (Phi) is 15.7. The average Bonchev–Trinajstić information content (AvgIpc) is 3.14. The van der Waals surface area contributed by atoms with Crippen molar-refractivity contribution in [2.24, 2.45) is 0 Å². The Balaban J connectivity index is 1.13. The average molecular weight is 730 g/mol. The van der Waals surface area contributed by atoms with E-state index in [9.17, 15) is 14.4 Å². The van der Waals surface area contributed by atoms with Gasteiger partial charge in [0.1, 0.15) is 18.1 Å². The van der Waals surface area contributed by atoms with Gasteiger partial charge in [-0.1, -0.05) is 12.1 Å². The van der Waals surface area contributed by atoms with E-state index in [0.717, 1.165) is 33.6 Å². The minimum absolute atomic E-state index is 0.131. The Morgan fingerprint density at radius 2 is 1.45 bits per heavy atom. The van der Waals surface area contributed by atoms with E-state index in [2.05, 4.69) is 20.9 Å². The second-order valence-corrected chi connectivity index (χ2v) is 12.3. The predicted molar refractivity (Wildman–Crippen MR) is 206 cm³/mol. The van der Waals surface area contributed by atoms with Gasteiger partial charge >= 0.3 is 0 Å². The summed E-state index contributed by atoms with van der Waals surface area (Å²) in [5.41, 5.74) is 12.7. The SMILES string of the molecule is CCNc1cc(-c2ccc(OCCOCCOCCOCCNC(=O)c3ccc(N)c(OC)c3)cc2)cc(C(=O)NCc2c(C)cc(C)[nH]c2=O)c1C. The van der Waals surface area contributed by atoms with Crippen molar-refractivity contribution in [2.45, 2.75) is 34.2 Å². The highest BCUT2D eigenvalue weighted by molar-refractivity contribution is 5.99. The van der Waals surface area contributed by atoms with Crippen LogP contribution in [0.5, 0.6) is 11.5 Å². The lowest BCUT2D eigenvalue weighted by molar-refractivity contribution is 0.00988. The molecule has 0 atom stereocenters. The number of hydrogen-bond donors (Lipinski definition) is 5. The summed E-state index contributed by atoms with van der Waals surface area (Å²) in [4.78, 5) is 40.9. The normalized spacial score (nSPS) is 10.9. The lowest BCUT2D eigenvalue weighted by Gasteiger charge is -2.16. The van der Waals surface area contributed by atoms with Gasteiger partial charge in [0.15, 0.2) is 0 Å². The first kappa shape index (κ1) is 40.4. The van der Waals surface area contributed by atoms with Crippen molar-refractivity contribution in [2.75, 3.05) is 77.5 Å². The maximum atomic E-state index is 13.4. The molecule has 284 valence electrons. The molecule has 0 saturated carbocycles. The molecule has 13 heteroatoms. The molecule has 0 saturated heterocycles. The van der Waals surface area contributed by atoms with E-state index >= 15 is 0 Å². The van der Waals surface area contributed by atoms with E-state index < -0.39 is 0 Å². The zero-order valence-electron chi connectivity index (χ0n) is 31.2. The molecule has 53 heavy (non-hydrogen) atoms. The largest absolute Gasteiger partial charge is 0.495 e. The monoisotopic (exact) mass is 729 g/mol. The van der Waals surface area contributed by atoms with Crippen LogP contribution in [0.25, 0.3) is 11.1 Å². The van der Waals surface area contributed by atoms with Crippen molar-refractivity contribution in [3.63, 3.8) is 0 Å². The fraction of sp³-hybridized carbons (Fsp3) is 0.375. The zero-order chi connectivity index (χ0) is 38.2. The van der Waals surface area contributed by atoms with Crippen LogP contribution in [0.3, 0.4) is 0 Å². The molecule has 1 heterocycles. The van der Waals surface area contributed by atoms with Crippen LogP contribution in [-0.2, 0) is 20.8 Å². The van der Waals surface area contributed by atoms with Crippen molar-refractivity contribution >= 4 is 23.2 Å². The summed E-state index contributed by atoms with van der Waals surface area (Å²) < 4.78 is 27.7. The third kappa shape index (κ3) is 12.1. The van der Waals surface area contributed by atoms with Gasteiger partial charge in [0.25, 0.3) is 17.4 Å². The summed E-state index contributed by atoms with van der Waals surface area (Å²) in [6.45, 7) is 11.6. The maximum Gasteiger partial charge on any atom is 0.253 e. The Labute approximate surface area is 310 Å². The summed E-state index contributed by atoms with van der Waals surface area (Å²) >= 11 is 0. The van der Waals surface area contributed by atoms with E-state index in [1.54, 1.807) is 18.2 Å². The number of anilines is 2. The van der Waals surface area contributed by atoms with Crippen LogP contribution < -0.4 is 36.7 Å². The minimum atomic E-state index is -0.253.